The molecule has 2 amide bonds. The first-order chi connectivity index (χ1) is 17.0. The van der Waals surface area contributed by atoms with E-state index in [4.69, 9.17) is 31.2 Å². The number of aryl methyl sites for hydroxylation is 1. The van der Waals surface area contributed by atoms with Crippen LogP contribution in [0.2, 0.25) is 5.02 Å². The highest BCUT2D eigenvalue weighted by Crippen LogP contribution is 2.35. The standard InChI is InChI=1S/C26H29ClN2O6S/c1-6-9-33-26(32)21-15(5)22(23(28)30)36-25(21)29-24(31)19-8-7-16(35-19)12-34-20-10-14(4)18(27)11-17(20)13(2)3/h7-8,10-11,13H,6,9,12H2,1-5H3,(H2,28,30)(H,29,31). The molecule has 3 aromatic rings. The average molecular weight is 533 g/mol. The van der Waals surface area contributed by atoms with Crippen molar-refractivity contribution in [2.45, 2.75) is 53.6 Å². The van der Waals surface area contributed by atoms with Crippen LogP contribution in [-0.4, -0.2) is 24.4 Å². The summed E-state index contributed by atoms with van der Waals surface area (Å²) < 4.78 is 16.9. The zero-order chi connectivity index (χ0) is 26.6. The number of benzene rings is 1. The number of rotatable bonds is 10. The predicted octanol–water partition coefficient (Wildman–Crippen LogP) is 6.23. The van der Waals surface area contributed by atoms with Gasteiger partial charge >= 0.3 is 5.97 Å². The number of hydrogen-bond acceptors (Lipinski definition) is 7. The third kappa shape index (κ3) is 6.09. The van der Waals surface area contributed by atoms with E-state index in [1.54, 1.807) is 13.0 Å². The topological polar surface area (TPSA) is 121 Å². The highest BCUT2D eigenvalue weighted by atomic mass is 35.5. The van der Waals surface area contributed by atoms with Gasteiger partial charge in [-0.2, -0.15) is 0 Å². The van der Waals surface area contributed by atoms with Crippen LogP contribution in [0.15, 0.2) is 28.7 Å². The van der Waals surface area contributed by atoms with E-state index < -0.39 is 17.8 Å². The van der Waals surface area contributed by atoms with Crippen molar-refractivity contribution in [3.63, 3.8) is 0 Å². The van der Waals surface area contributed by atoms with Gasteiger partial charge in [0.2, 0.25) is 0 Å². The Labute approximate surface area is 218 Å². The van der Waals surface area contributed by atoms with Crippen LogP contribution in [-0.2, 0) is 11.3 Å². The van der Waals surface area contributed by atoms with Crippen LogP contribution in [0.3, 0.4) is 0 Å². The Morgan fingerprint density at radius 1 is 1.19 bits per heavy atom. The molecule has 3 rings (SSSR count). The number of esters is 1. The number of nitrogens with two attached hydrogens (primary N) is 1. The molecule has 2 aromatic heterocycles. The van der Waals surface area contributed by atoms with Gasteiger partial charge in [0.15, 0.2) is 5.76 Å². The molecular weight excluding hydrogens is 504 g/mol. The number of anilines is 1. The SMILES string of the molecule is CCCOC(=O)c1c(NC(=O)c2ccc(COc3cc(C)c(Cl)cc3C(C)C)o2)sc(C(N)=O)c1C. The number of ether oxygens (including phenoxy) is 2. The summed E-state index contributed by atoms with van der Waals surface area (Å²) in [5.74, 6) is -0.575. The van der Waals surface area contributed by atoms with E-state index >= 15 is 0 Å². The van der Waals surface area contributed by atoms with E-state index in [0.717, 1.165) is 22.5 Å². The van der Waals surface area contributed by atoms with Crippen LogP contribution < -0.4 is 15.8 Å². The maximum absolute atomic E-state index is 12.9. The smallest absolute Gasteiger partial charge is 0.341 e. The van der Waals surface area contributed by atoms with E-state index in [1.165, 1.54) is 6.07 Å². The Bertz CT molecular complexity index is 1290. The molecule has 0 saturated heterocycles. The molecule has 0 atom stereocenters. The summed E-state index contributed by atoms with van der Waals surface area (Å²) in [5.41, 5.74) is 7.76. The van der Waals surface area contributed by atoms with Gasteiger partial charge in [0.1, 0.15) is 23.1 Å². The van der Waals surface area contributed by atoms with E-state index in [1.807, 2.05) is 39.8 Å². The lowest BCUT2D eigenvalue weighted by atomic mass is 10.0. The molecule has 36 heavy (non-hydrogen) atoms. The average Bonchev–Trinajstić information content (AvgIpc) is 3.42. The number of furan rings is 1. The molecule has 0 unspecified atom stereocenters. The fraction of sp³-hybridized carbons (Fsp3) is 0.346. The van der Waals surface area contributed by atoms with Crippen LogP contribution >= 0.6 is 22.9 Å². The second-order valence-electron chi connectivity index (χ2n) is 8.56. The Hall–Kier alpha value is -3.30. The van der Waals surface area contributed by atoms with Crippen molar-refractivity contribution < 1.29 is 28.3 Å². The van der Waals surface area contributed by atoms with Gasteiger partial charge in [-0.05, 0) is 67.1 Å². The van der Waals surface area contributed by atoms with Crippen molar-refractivity contribution in [1.82, 2.24) is 0 Å². The van der Waals surface area contributed by atoms with Crippen molar-refractivity contribution >= 4 is 45.7 Å². The summed E-state index contributed by atoms with van der Waals surface area (Å²) in [4.78, 5) is 37.4. The molecule has 0 radical (unpaired) electrons. The van der Waals surface area contributed by atoms with Crippen molar-refractivity contribution in [2.75, 3.05) is 11.9 Å². The number of thiophene rings is 1. The van der Waals surface area contributed by atoms with Gasteiger partial charge in [-0.3, -0.25) is 9.59 Å². The second-order valence-corrected chi connectivity index (χ2v) is 9.99. The van der Waals surface area contributed by atoms with Crippen molar-refractivity contribution in [3.8, 4) is 5.75 Å². The number of carbonyl (C=O) groups is 3. The first kappa shape index (κ1) is 27.3. The zero-order valence-corrected chi connectivity index (χ0v) is 22.4. The number of primary amides is 1. The minimum Gasteiger partial charge on any atom is -0.485 e. The molecule has 8 nitrogen and oxygen atoms in total. The molecular formula is C26H29ClN2O6S. The first-order valence-electron chi connectivity index (χ1n) is 11.5. The van der Waals surface area contributed by atoms with Crippen LogP contribution in [0.25, 0.3) is 0 Å². The second kappa shape index (κ2) is 11.6. The Morgan fingerprint density at radius 3 is 2.56 bits per heavy atom. The lowest BCUT2D eigenvalue weighted by Gasteiger charge is -2.15. The number of carbonyl (C=O) groups excluding carboxylic acids is 3. The number of amides is 2. The maximum Gasteiger partial charge on any atom is 0.341 e. The lowest BCUT2D eigenvalue weighted by Crippen LogP contribution is -2.15. The van der Waals surface area contributed by atoms with E-state index in [9.17, 15) is 14.4 Å². The highest BCUT2D eigenvalue weighted by molar-refractivity contribution is 7.18. The number of halogens is 1. The van der Waals surface area contributed by atoms with Crippen LogP contribution in [0.1, 0.15) is 86.1 Å². The Morgan fingerprint density at radius 2 is 1.92 bits per heavy atom. The zero-order valence-electron chi connectivity index (χ0n) is 20.8. The fourth-order valence-electron chi connectivity index (χ4n) is 3.49. The van der Waals surface area contributed by atoms with Crippen LogP contribution in [0.4, 0.5) is 5.00 Å². The number of nitrogens with one attached hydrogen (secondary N) is 1. The van der Waals surface area contributed by atoms with Gasteiger partial charge in [0.25, 0.3) is 11.8 Å². The quantitative estimate of drug-likeness (QED) is 0.298. The van der Waals surface area contributed by atoms with E-state index in [-0.39, 0.29) is 40.3 Å². The molecule has 2 heterocycles. The minimum atomic E-state index is -0.696. The molecule has 0 aliphatic heterocycles. The highest BCUT2D eigenvalue weighted by Gasteiger charge is 2.26. The molecule has 0 spiro atoms. The van der Waals surface area contributed by atoms with Gasteiger partial charge in [0.05, 0.1) is 17.0 Å². The monoisotopic (exact) mass is 532 g/mol. The van der Waals surface area contributed by atoms with Crippen LogP contribution in [0, 0.1) is 13.8 Å². The molecule has 0 saturated carbocycles. The Kier molecular flexibility index (Phi) is 8.81. The van der Waals surface area contributed by atoms with Crippen LogP contribution in [0.5, 0.6) is 5.75 Å². The Balaban J connectivity index is 1.77. The largest absolute Gasteiger partial charge is 0.485 e. The molecule has 0 aliphatic carbocycles. The minimum absolute atomic E-state index is 0.0181. The summed E-state index contributed by atoms with van der Waals surface area (Å²) in [7, 11) is 0. The van der Waals surface area contributed by atoms with E-state index in [2.05, 4.69) is 5.32 Å². The van der Waals surface area contributed by atoms with Crippen molar-refractivity contribution in [3.05, 3.63) is 67.9 Å². The van der Waals surface area contributed by atoms with Gasteiger partial charge in [-0.15, -0.1) is 11.3 Å². The first-order valence-corrected chi connectivity index (χ1v) is 12.7. The maximum atomic E-state index is 12.9. The van der Waals surface area contributed by atoms with Gasteiger partial charge < -0.3 is 24.9 Å². The molecule has 3 N–H and O–H groups in total. The summed E-state index contributed by atoms with van der Waals surface area (Å²) in [6.07, 6.45) is 0.630. The lowest BCUT2D eigenvalue weighted by molar-refractivity contribution is 0.0506. The van der Waals surface area contributed by atoms with Gasteiger partial charge in [-0.1, -0.05) is 32.4 Å². The number of hydrogen-bond donors (Lipinski definition) is 2. The predicted molar refractivity (Wildman–Crippen MR) is 139 cm³/mol. The summed E-state index contributed by atoms with van der Waals surface area (Å²) >= 11 is 7.18. The van der Waals surface area contributed by atoms with Gasteiger partial charge in [0, 0.05) is 5.02 Å². The molecule has 0 aliphatic rings. The summed E-state index contributed by atoms with van der Waals surface area (Å²) in [6.45, 7) is 9.75. The summed E-state index contributed by atoms with van der Waals surface area (Å²) in [5, 5.41) is 3.48. The molecule has 10 heteroatoms. The van der Waals surface area contributed by atoms with Gasteiger partial charge in [-0.25, -0.2) is 4.79 Å². The van der Waals surface area contributed by atoms with Crippen molar-refractivity contribution in [1.29, 1.82) is 0 Å². The molecule has 0 fully saturated rings. The normalized spacial score (nSPS) is 11.0. The molecule has 1 aromatic carbocycles. The fourth-order valence-corrected chi connectivity index (χ4v) is 4.70. The van der Waals surface area contributed by atoms with E-state index in [0.29, 0.717) is 28.5 Å². The summed E-state index contributed by atoms with van der Waals surface area (Å²) in [6, 6.07) is 6.92. The van der Waals surface area contributed by atoms with Crippen molar-refractivity contribution in [2.24, 2.45) is 5.73 Å². The third-order valence-electron chi connectivity index (χ3n) is 5.41. The molecule has 192 valence electrons. The third-order valence-corrected chi connectivity index (χ3v) is 7.04. The molecule has 0 bridgehead atoms.